The quantitative estimate of drug-likeness (QED) is 0.699. The van der Waals surface area contributed by atoms with Gasteiger partial charge in [-0.25, -0.2) is 8.42 Å². The Morgan fingerprint density at radius 2 is 2.05 bits per heavy atom. The molecule has 0 aromatic heterocycles. The maximum atomic E-state index is 12.7. The van der Waals surface area contributed by atoms with E-state index in [0.717, 1.165) is 6.42 Å². The SMILES string of the molecule is CC(Br)OC1C2CC3C(S2)C1N(C(C)(C)C)S3(=O)=O. The molecular weight excluding hydrogens is 350 g/mol. The fourth-order valence-corrected chi connectivity index (χ4v) is 9.20. The lowest BCUT2D eigenvalue weighted by atomic mass is 9.90. The summed E-state index contributed by atoms with van der Waals surface area (Å²) in [5.41, 5.74) is -0.381. The van der Waals surface area contributed by atoms with Crippen LogP contribution < -0.4 is 0 Å². The molecule has 3 saturated heterocycles. The van der Waals surface area contributed by atoms with Gasteiger partial charge in [0.15, 0.2) is 0 Å². The third-order valence-electron chi connectivity index (χ3n) is 4.14. The van der Waals surface area contributed by atoms with Gasteiger partial charge in [-0.3, -0.25) is 0 Å². The van der Waals surface area contributed by atoms with Crippen LogP contribution in [0.2, 0.25) is 0 Å². The molecule has 0 radical (unpaired) electrons. The van der Waals surface area contributed by atoms with Crippen LogP contribution in [0.15, 0.2) is 0 Å². The molecule has 0 amide bonds. The third-order valence-corrected chi connectivity index (χ3v) is 8.85. The van der Waals surface area contributed by atoms with Crippen LogP contribution in [0, 0.1) is 0 Å². The third kappa shape index (κ3) is 2.03. The number of sulfonamides is 1. The molecule has 0 aliphatic carbocycles. The lowest BCUT2D eigenvalue weighted by Crippen LogP contribution is -2.53. The van der Waals surface area contributed by atoms with Gasteiger partial charge < -0.3 is 4.74 Å². The van der Waals surface area contributed by atoms with E-state index in [9.17, 15) is 8.42 Å². The number of thioether (sulfide) groups is 1. The van der Waals surface area contributed by atoms with Crippen molar-refractivity contribution < 1.29 is 13.2 Å². The molecule has 0 saturated carbocycles. The van der Waals surface area contributed by atoms with Crippen molar-refractivity contribution in [2.24, 2.45) is 0 Å². The summed E-state index contributed by atoms with van der Waals surface area (Å²) in [5, 5.41) is 0.269. The van der Waals surface area contributed by atoms with Gasteiger partial charge in [-0.15, -0.1) is 11.8 Å². The van der Waals surface area contributed by atoms with Crippen molar-refractivity contribution in [2.75, 3.05) is 0 Å². The molecule has 3 heterocycles. The molecule has 3 rings (SSSR count). The second kappa shape index (κ2) is 4.35. The van der Waals surface area contributed by atoms with Gasteiger partial charge in [0, 0.05) is 16.0 Å². The molecule has 0 aromatic carbocycles. The molecular formula is C12H20BrNO3S2. The van der Waals surface area contributed by atoms with Crippen LogP contribution in [0.5, 0.6) is 0 Å². The number of fused-ring (bicyclic) bond motifs is 1. The molecule has 0 spiro atoms. The van der Waals surface area contributed by atoms with Gasteiger partial charge in [-0.2, -0.15) is 4.31 Å². The molecule has 3 aliphatic heterocycles. The molecule has 6 atom stereocenters. The highest BCUT2D eigenvalue weighted by Crippen LogP contribution is 2.58. The van der Waals surface area contributed by atoms with E-state index in [1.807, 2.05) is 39.5 Å². The number of hydrogen-bond acceptors (Lipinski definition) is 4. The topological polar surface area (TPSA) is 46.6 Å². The van der Waals surface area contributed by atoms with E-state index < -0.39 is 10.0 Å². The van der Waals surface area contributed by atoms with Crippen molar-refractivity contribution in [1.29, 1.82) is 0 Å². The zero-order valence-electron chi connectivity index (χ0n) is 11.5. The second-order valence-electron chi connectivity index (χ2n) is 6.56. The average molecular weight is 370 g/mol. The Morgan fingerprint density at radius 3 is 2.58 bits per heavy atom. The number of rotatable bonds is 2. The highest BCUT2D eigenvalue weighted by atomic mass is 79.9. The monoisotopic (exact) mass is 369 g/mol. The molecule has 6 unspecified atom stereocenters. The first-order chi connectivity index (χ1) is 8.64. The van der Waals surface area contributed by atoms with Crippen molar-refractivity contribution in [3.8, 4) is 0 Å². The predicted octanol–water partition coefficient (Wildman–Crippen LogP) is 2.18. The number of alkyl halides is 1. The van der Waals surface area contributed by atoms with Crippen LogP contribution in [0.3, 0.4) is 0 Å². The highest BCUT2D eigenvalue weighted by Gasteiger charge is 2.69. The second-order valence-corrected chi connectivity index (χ2v) is 11.3. The van der Waals surface area contributed by atoms with Crippen molar-refractivity contribution >= 4 is 37.7 Å². The first-order valence-electron chi connectivity index (χ1n) is 6.62. The molecule has 0 N–H and O–H groups in total. The molecule has 19 heavy (non-hydrogen) atoms. The van der Waals surface area contributed by atoms with E-state index in [2.05, 4.69) is 15.9 Å². The van der Waals surface area contributed by atoms with Gasteiger partial charge >= 0.3 is 0 Å². The van der Waals surface area contributed by atoms with Gasteiger partial charge in [0.05, 0.1) is 17.4 Å². The minimum Gasteiger partial charge on any atom is -0.361 e. The van der Waals surface area contributed by atoms with Crippen LogP contribution in [0.4, 0.5) is 0 Å². The Labute approximate surface area is 127 Å². The number of hydrogen-bond donors (Lipinski definition) is 0. The van der Waals surface area contributed by atoms with E-state index in [1.165, 1.54) is 0 Å². The molecule has 0 aromatic rings. The Balaban J connectivity index is 2.02. The number of nitrogens with zero attached hydrogens (tertiary/aromatic N) is 1. The van der Waals surface area contributed by atoms with Gasteiger partial charge in [0.1, 0.15) is 5.01 Å². The van der Waals surface area contributed by atoms with Crippen molar-refractivity contribution in [2.45, 2.75) is 72.6 Å². The first kappa shape index (κ1) is 14.6. The number of ether oxygens (including phenoxy) is 1. The largest absolute Gasteiger partial charge is 0.361 e. The predicted molar refractivity (Wildman–Crippen MR) is 81.1 cm³/mol. The standard InChI is InChI=1S/C12H20BrNO3S2/c1-6(13)17-10-7-5-8-11(18-7)9(10)14(12(2,3)4)19(8,15)16/h6-11H,5H2,1-4H3. The minimum atomic E-state index is -3.18. The van der Waals surface area contributed by atoms with Crippen LogP contribution in [-0.2, 0) is 14.8 Å². The summed E-state index contributed by atoms with van der Waals surface area (Å²) in [6, 6.07) is -0.00116. The zero-order valence-corrected chi connectivity index (χ0v) is 14.8. The molecule has 110 valence electrons. The molecule has 7 heteroatoms. The van der Waals surface area contributed by atoms with Gasteiger partial charge in [0.25, 0.3) is 0 Å². The van der Waals surface area contributed by atoms with Crippen molar-refractivity contribution in [3.63, 3.8) is 0 Å². The van der Waals surface area contributed by atoms with E-state index in [-0.39, 0.29) is 33.2 Å². The van der Waals surface area contributed by atoms with Crippen molar-refractivity contribution in [3.05, 3.63) is 0 Å². The Hall–Kier alpha value is 0.700. The molecule has 3 aliphatic rings. The molecule has 2 bridgehead atoms. The highest BCUT2D eigenvalue weighted by molar-refractivity contribution is 9.09. The zero-order chi connectivity index (χ0) is 14.2. The van der Waals surface area contributed by atoms with Crippen LogP contribution in [0.25, 0.3) is 0 Å². The van der Waals surface area contributed by atoms with Crippen LogP contribution >= 0.6 is 27.7 Å². The number of halogens is 1. The van der Waals surface area contributed by atoms with Crippen LogP contribution in [0.1, 0.15) is 34.1 Å². The first-order valence-corrected chi connectivity index (χ1v) is 9.98. The van der Waals surface area contributed by atoms with Gasteiger partial charge in [-0.1, -0.05) is 15.9 Å². The molecule has 4 nitrogen and oxygen atoms in total. The fraction of sp³-hybridized carbons (Fsp3) is 1.00. The summed E-state index contributed by atoms with van der Waals surface area (Å²) < 4.78 is 33.2. The van der Waals surface area contributed by atoms with Crippen molar-refractivity contribution in [1.82, 2.24) is 4.31 Å². The summed E-state index contributed by atoms with van der Waals surface area (Å²) >= 11 is 5.24. The van der Waals surface area contributed by atoms with E-state index in [1.54, 1.807) is 4.31 Å². The fourth-order valence-electron chi connectivity index (χ4n) is 3.71. The van der Waals surface area contributed by atoms with Gasteiger partial charge in [-0.05, 0) is 34.1 Å². The van der Waals surface area contributed by atoms with E-state index in [0.29, 0.717) is 5.25 Å². The minimum absolute atomic E-state index is 0.00116. The normalized spacial score (nSPS) is 45.8. The Bertz CT molecular complexity index is 488. The lowest BCUT2D eigenvalue weighted by molar-refractivity contribution is -0.00915. The summed E-state index contributed by atoms with van der Waals surface area (Å²) in [6.07, 6.45) is 0.752. The Kier molecular flexibility index (Phi) is 3.35. The van der Waals surface area contributed by atoms with E-state index >= 15 is 0 Å². The van der Waals surface area contributed by atoms with Gasteiger partial charge in [0.2, 0.25) is 10.0 Å². The lowest BCUT2D eigenvalue weighted by Gasteiger charge is -2.37. The molecule has 3 fully saturated rings. The van der Waals surface area contributed by atoms with E-state index in [4.69, 9.17) is 4.74 Å². The summed E-state index contributed by atoms with van der Waals surface area (Å²) in [7, 11) is -3.18. The van der Waals surface area contributed by atoms with Crippen LogP contribution in [-0.4, -0.2) is 51.2 Å². The summed E-state index contributed by atoms with van der Waals surface area (Å²) in [6.45, 7) is 7.87. The maximum absolute atomic E-state index is 12.7. The Morgan fingerprint density at radius 1 is 1.42 bits per heavy atom. The summed E-state index contributed by atoms with van der Waals surface area (Å²) in [5.74, 6) is 0. The smallest absolute Gasteiger partial charge is 0.219 e. The maximum Gasteiger partial charge on any atom is 0.219 e. The summed E-state index contributed by atoms with van der Waals surface area (Å²) in [4.78, 5) is 0. The average Bonchev–Trinajstić information content (AvgIpc) is 2.78.